The molecule has 1 aromatic carbocycles. The minimum atomic E-state index is -0.461. The number of ether oxygens (including phenoxy) is 2. The van der Waals surface area contributed by atoms with Gasteiger partial charge in [0.2, 0.25) is 0 Å². The third-order valence-corrected chi connectivity index (χ3v) is 1.79. The van der Waals surface area contributed by atoms with Crippen LogP contribution in [0.5, 0.6) is 5.75 Å². The van der Waals surface area contributed by atoms with Crippen LogP contribution in [0.1, 0.15) is 0 Å². The van der Waals surface area contributed by atoms with Crippen LogP contribution in [0.2, 0.25) is 0 Å². The monoisotopic (exact) mass is 226 g/mol. The number of non-ortho nitro benzene ring substituents is 1. The Bertz CT molecular complexity index is 343. The summed E-state index contributed by atoms with van der Waals surface area (Å²) in [5, 5.41) is 10.5. The van der Waals surface area contributed by atoms with Gasteiger partial charge in [-0.15, -0.1) is 0 Å². The van der Waals surface area contributed by atoms with Gasteiger partial charge < -0.3 is 15.2 Å². The molecule has 6 nitrogen and oxygen atoms in total. The van der Waals surface area contributed by atoms with E-state index in [2.05, 4.69) is 0 Å². The van der Waals surface area contributed by atoms with Gasteiger partial charge in [-0.25, -0.2) is 0 Å². The first-order valence-electron chi connectivity index (χ1n) is 4.89. The van der Waals surface area contributed by atoms with Gasteiger partial charge in [-0.2, -0.15) is 0 Å². The number of benzene rings is 1. The molecule has 0 aliphatic heterocycles. The average molecular weight is 226 g/mol. The van der Waals surface area contributed by atoms with Crippen LogP contribution in [0.25, 0.3) is 0 Å². The number of nitro groups is 1. The van der Waals surface area contributed by atoms with E-state index in [-0.39, 0.29) is 5.69 Å². The number of nitrogens with two attached hydrogens (primary N) is 1. The minimum absolute atomic E-state index is 0.0142. The Morgan fingerprint density at radius 2 is 2.12 bits per heavy atom. The number of nitrogens with zero attached hydrogens (tertiary/aromatic N) is 1. The topological polar surface area (TPSA) is 87.6 Å². The molecule has 0 amide bonds. The zero-order valence-corrected chi connectivity index (χ0v) is 8.80. The molecule has 88 valence electrons. The number of hydrogen-bond acceptors (Lipinski definition) is 5. The van der Waals surface area contributed by atoms with E-state index >= 15 is 0 Å². The van der Waals surface area contributed by atoms with Crippen molar-refractivity contribution in [1.82, 2.24) is 0 Å². The zero-order chi connectivity index (χ0) is 11.8. The quantitative estimate of drug-likeness (QED) is 0.425. The summed E-state index contributed by atoms with van der Waals surface area (Å²) in [6.45, 7) is 1.72. The second-order valence-corrected chi connectivity index (χ2v) is 3.00. The van der Waals surface area contributed by atoms with E-state index in [4.69, 9.17) is 15.2 Å². The van der Waals surface area contributed by atoms with E-state index in [0.717, 1.165) is 0 Å². The van der Waals surface area contributed by atoms with Crippen LogP contribution in [-0.2, 0) is 4.74 Å². The summed E-state index contributed by atoms with van der Waals surface area (Å²) in [7, 11) is 0. The summed E-state index contributed by atoms with van der Waals surface area (Å²) in [6.07, 6.45) is 0. The predicted octanol–water partition coefficient (Wildman–Crippen LogP) is 0.949. The Kier molecular flexibility index (Phi) is 5.24. The summed E-state index contributed by atoms with van der Waals surface area (Å²) < 4.78 is 10.4. The Labute approximate surface area is 93.1 Å². The highest BCUT2D eigenvalue weighted by Gasteiger charge is 2.05. The summed E-state index contributed by atoms with van der Waals surface area (Å²) >= 11 is 0. The molecule has 0 bridgehead atoms. The molecule has 0 atom stereocenters. The van der Waals surface area contributed by atoms with E-state index < -0.39 is 4.92 Å². The fraction of sp³-hybridized carbons (Fsp3) is 0.400. The standard InChI is InChI=1S/C10H14N2O4/c11-4-5-15-6-7-16-10-3-1-2-9(8-10)12(13)14/h1-3,8H,4-7,11H2. The van der Waals surface area contributed by atoms with Crippen molar-refractivity contribution in [3.63, 3.8) is 0 Å². The Balaban J connectivity index is 2.36. The smallest absolute Gasteiger partial charge is 0.273 e. The molecule has 0 saturated carbocycles. The first-order chi connectivity index (χ1) is 7.74. The van der Waals surface area contributed by atoms with Crippen LogP contribution in [-0.4, -0.2) is 31.3 Å². The van der Waals surface area contributed by atoms with Gasteiger partial charge in [0.05, 0.1) is 24.2 Å². The molecule has 0 aliphatic carbocycles. The van der Waals surface area contributed by atoms with Crippen molar-refractivity contribution in [3.8, 4) is 5.75 Å². The Morgan fingerprint density at radius 3 is 2.81 bits per heavy atom. The molecule has 0 aromatic heterocycles. The first kappa shape index (κ1) is 12.4. The fourth-order valence-corrected chi connectivity index (χ4v) is 1.09. The largest absolute Gasteiger partial charge is 0.491 e. The normalized spacial score (nSPS) is 10.1. The van der Waals surface area contributed by atoms with Gasteiger partial charge in [0, 0.05) is 12.6 Å². The first-order valence-corrected chi connectivity index (χ1v) is 4.89. The molecule has 2 N–H and O–H groups in total. The van der Waals surface area contributed by atoms with Gasteiger partial charge >= 0.3 is 0 Å². The van der Waals surface area contributed by atoms with Crippen molar-refractivity contribution < 1.29 is 14.4 Å². The van der Waals surface area contributed by atoms with Crippen LogP contribution in [0.15, 0.2) is 24.3 Å². The van der Waals surface area contributed by atoms with Crippen LogP contribution < -0.4 is 10.5 Å². The van der Waals surface area contributed by atoms with Gasteiger partial charge in [-0.1, -0.05) is 6.07 Å². The molecule has 0 saturated heterocycles. The van der Waals surface area contributed by atoms with Crippen molar-refractivity contribution >= 4 is 5.69 Å². The van der Waals surface area contributed by atoms with E-state index in [1.807, 2.05) is 0 Å². The molecular weight excluding hydrogens is 212 g/mol. The Morgan fingerprint density at radius 1 is 1.31 bits per heavy atom. The number of hydrogen-bond donors (Lipinski definition) is 1. The summed E-state index contributed by atoms with van der Waals surface area (Å²) in [5.74, 6) is 0.463. The fourth-order valence-electron chi connectivity index (χ4n) is 1.09. The predicted molar refractivity (Wildman–Crippen MR) is 58.5 cm³/mol. The minimum Gasteiger partial charge on any atom is -0.491 e. The zero-order valence-electron chi connectivity index (χ0n) is 8.80. The van der Waals surface area contributed by atoms with Crippen molar-refractivity contribution in [1.29, 1.82) is 0 Å². The molecule has 0 radical (unpaired) electrons. The average Bonchev–Trinajstić information content (AvgIpc) is 2.29. The van der Waals surface area contributed by atoms with Crippen LogP contribution >= 0.6 is 0 Å². The third-order valence-electron chi connectivity index (χ3n) is 1.79. The number of rotatable bonds is 7. The molecule has 0 spiro atoms. The lowest BCUT2D eigenvalue weighted by Crippen LogP contribution is -2.13. The van der Waals surface area contributed by atoms with Gasteiger partial charge in [-0.05, 0) is 6.07 Å². The van der Waals surface area contributed by atoms with Gasteiger partial charge in [0.25, 0.3) is 5.69 Å². The lowest BCUT2D eigenvalue weighted by atomic mass is 10.3. The molecule has 0 heterocycles. The van der Waals surface area contributed by atoms with Crippen molar-refractivity contribution in [2.24, 2.45) is 5.73 Å². The summed E-state index contributed by atoms with van der Waals surface area (Å²) in [4.78, 5) is 10.0. The molecule has 6 heteroatoms. The van der Waals surface area contributed by atoms with Crippen molar-refractivity contribution in [2.45, 2.75) is 0 Å². The Hall–Kier alpha value is -1.66. The molecule has 1 aromatic rings. The SMILES string of the molecule is NCCOCCOc1cccc([N+](=O)[O-])c1. The molecule has 0 fully saturated rings. The molecule has 16 heavy (non-hydrogen) atoms. The van der Waals surface area contributed by atoms with E-state index in [1.54, 1.807) is 12.1 Å². The third kappa shape index (κ3) is 4.24. The highest BCUT2D eigenvalue weighted by atomic mass is 16.6. The maximum Gasteiger partial charge on any atom is 0.273 e. The summed E-state index contributed by atoms with van der Waals surface area (Å²) in [5.41, 5.74) is 5.25. The molecule has 1 rings (SSSR count). The van der Waals surface area contributed by atoms with Gasteiger partial charge in [-0.3, -0.25) is 10.1 Å². The molecule has 0 unspecified atom stereocenters. The highest BCUT2D eigenvalue weighted by Crippen LogP contribution is 2.18. The lowest BCUT2D eigenvalue weighted by molar-refractivity contribution is -0.384. The van der Waals surface area contributed by atoms with Gasteiger partial charge in [0.1, 0.15) is 12.4 Å². The van der Waals surface area contributed by atoms with E-state index in [1.165, 1.54) is 12.1 Å². The summed E-state index contributed by atoms with van der Waals surface area (Å²) in [6, 6.07) is 6.03. The molecule has 0 aliphatic rings. The van der Waals surface area contributed by atoms with Gasteiger partial charge in [0.15, 0.2) is 0 Å². The second-order valence-electron chi connectivity index (χ2n) is 3.00. The van der Waals surface area contributed by atoms with E-state index in [9.17, 15) is 10.1 Å². The van der Waals surface area contributed by atoms with Crippen molar-refractivity contribution in [3.05, 3.63) is 34.4 Å². The van der Waals surface area contributed by atoms with Crippen molar-refractivity contribution in [2.75, 3.05) is 26.4 Å². The van der Waals surface area contributed by atoms with Crippen LogP contribution in [0, 0.1) is 10.1 Å². The number of nitro benzene ring substituents is 1. The van der Waals surface area contributed by atoms with Crippen LogP contribution in [0.4, 0.5) is 5.69 Å². The molecular formula is C10H14N2O4. The highest BCUT2D eigenvalue weighted by molar-refractivity contribution is 5.37. The van der Waals surface area contributed by atoms with E-state index in [0.29, 0.717) is 32.1 Å². The lowest BCUT2D eigenvalue weighted by Gasteiger charge is -2.06. The van der Waals surface area contributed by atoms with Crippen LogP contribution in [0.3, 0.4) is 0 Å². The maximum absolute atomic E-state index is 10.5. The second kappa shape index (κ2) is 6.76. The maximum atomic E-state index is 10.5.